The van der Waals surface area contributed by atoms with Gasteiger partial charge in [-0.1, -0.05) is 18.6 Å². The van der Waals surface area contributed by atoms with Gasteiger partial charge in [0.25, 0.3) is 0 Å². The number of halogens is 1. The number of hydrogen-bond acceptors (Lipinski definition) is 4. The van der Waals surface area contributed by atoms with Gasteiger partial charge in [0.1, 0.15) is 19.0 Å². The lowest BCUT2D eigenvalue weighted by Gasteiger charge is -2.57. The maximum atomic E-state index is 13.8. The maximum absolute atomic E-state index is 13.8. The van der Waals surface area contributed by atoms with Crippen LogP contribution in [0, 0.1) is 17.7 Å². The molecule has 0 unspecified atom stereocenters. The summed E-state index contributed by atoms with van der Waals surface area (Å²) in [6.07, 6.45) is 5.21. The van der Waals surface area contributed by atoms with Crippen molar-refractivity contribution in [2.24, 2.45) is 11.8 Å². The van der Waals surface area contributed by atoms with Crippen LogP contribution in [-0.4, -0.2) is 78.1 Å². The summed E-state index contributed by atoms with van der Waals surface area (Å²) >= 11 is 0. The number of rotatable bonds is 4. The number of cyclic esters (lactones) is 1. The number of ether oxygens (including phenoxy) is 1. The summed E-state index contributed by atoms with van der Waals surface area (Å²) in [6, 6.07) is 7.78. The molecule has 1 aromatic carbocycles. The van der Waals surface area contributed by atoms with Gasteiger partial charge in [-0.25, -0.2) is 9.18 Å². The van der Waals surface area contributed by atoms with Crippen LogP contribution in [-0.2, 0) is 16.0 Å². The van der Waals surface area contributed by atoms with E-state index in [1.165, 1.54) is 30.2 Å². The molecule has 0 N–H and O–H groups in total. The number of likely N-dealkylation sites (tertiary alicyclic amines) is 1. The zero-order chi connectivity index (χ0) is 20.7. The van der Waals surface area contributed by atoms with Crippen LogP contribution in [0.1, 0.15) is 31.2 Å². The van der Waals surface area contributed by atoms with E-state index in [-0.39, 0.29) is 24.4 Å². The number of fused-ring (bicyclic) bond motifs is 4. The van der Waals surface area contributed by atoms with Gasteiger partial charge in [0.05, 0.1) is 6.54 Å². The second-order valence-electron chi connectivity index (χ2n) is 9.29. The smallest absolute Gasteiger partial charge is 0.410 e. The average Bonchev–Trinajstić information content (AvgIpc) is 3.15. The predicted octanol–water partition coefficient (Wildman–Crippen LogP) is 2.52. The molecule has 4 heterocycles. The summed E-state index contributed by atoms with van der Waals surface area (Å²) in [5.41, 5.74) is 1.03. The molecule has 5 rings (SSSR count). The van der Waals surface area contributed by atoms with Crippen LogP contribution in [0.5, 0.6) is 0 Å². The van der Waals surface area contributed by atoms with Crippen LogP contribution >= 0.6 is 0 Å². The van der Waals surface area contributed by atoms with Gasteiger partial charge in [-0.15, -0.1) is 0 Å². The first kappa shape index (κ1) is 19.8. The number of hydrogen-bond donors (Lipinski definition) is 0. The topological polar surface area (TPSA) is 53.1 Å². The second kappa shape index (κ2) is 8.17. The molecule has 0 aliphatic carbocycles. The highest BCUT2D eigenvalue weighted by Crippen LogP contribution is 2.42. The lowest BCUT2D eigenvalue weighted by molar-refractivity contribution is -0.141. The van der Waals surface area contributed by atoms with Crippen LogP contribution in [0.3, 0.4) is 0 Å². The first-order chi connectivity index (χ1) is 14.6. The van der Waals surface area contributed by atoms with E-state index in [1.807, 2.05) is 11.0 Å². The Labute approximate surface area is 176 Å². The molecule has 4 fully saturated rings. The summed E-state index contributed by atoms with van der Waals surface area (Å²) in [7, 11) is 0. The monoisotopic (exact) mass is 415 g/mol. The molecule has 30 heavy (non-hydrogen) atoms. The van der Waals surface area contributed by atoms with Crippen molar-refractivity contribution in [2.45, 2.75) is 44.2 Å². The molecule has 0 radical (unpaired) electrons. The van der Waals surface area contributed by atoms with Crippen molar-refractivity contribution in [2.75, 3.05) is 39.3 Å². The van der Waals surface area contributed by atoms with Gasteiger partial charge < -0.3 is 9.64 Å². The Morgan fingerprint density at radius 3 is 2.83 bits per heavy atom. The SMILES string of the molecule is O=C(CN1CCOC1=O)N1C[C@H]2C[C@@H](C1)[C@H](Cc1cccc(F)c1)N1CCCC[C@@H]21. The lowest BCUT2D eigenvalue weighted by atomic mass is 9.71. The summed E-state index contributed by atoms with van der Waals surface area (Å²) in [6.45, 7) is 3.58. The molecule has 1 aromatic rings. The van der Waals surface area contributed by atoms with E-state index < -0.39 is 0 Å². The molecule has 4 aliphatic heterocycles. The zero-order valence-corrected chi connectivity index (χ0v) is 17.3. The molecule has 0 spiro atoms. The minimum absolute atomic E-state index is 0.0253. The van der Waals surface area contributed by atoms with E-state index in [1.54, 1.807) is 12.1 Å². The molecule has 4 atom stereocenters. The third-order valence-corrected chi connectivity index (χ3v) is 7.48. The average molecular weight is 416 g/mol. The van der Waals surface area contributed by atoms with E-state index in [2.05, 4.69) is 4.90 Å². The maximum Gasteiger partial charge on any atom is 0.410 e. The van der Waals surface area contributed by atoms with Crippen LogP contribution in [0.15, 0.2) is 24.3 Å². The van der Waals surface area contributed by atoms with Gasteiger partial charge in [-0.05, 0) is 61.8 Å². The van der Waals surface area contributed by atoms with Gasteiger partial charge >= 0.3 is 6.09 Å². The Hall–Kier alpha value is -2.15. The fraction of sp³-hybridized carbons (Fsp3) is 0.652. The van der Waals surface area contributed by atoms with Crippen LogP contribution in [0.4, 0.5) is 9.18 Å². The van der Waals surface area contributed by atoms with Crippen molar-refractivity contribution in [3.63, 3.8) is 0 Å². The third-order valence-electron chi connectivity index (χ3n) is 7.48. The summed E-state index contributed by atoms with van der Waals surface area (Å²) < 4.78 is 18.8. The van der Waals surface area contributed by atoms with Crippen LogP contribution < -0.4 is 0 Å². The van der Waals surface area contributed by atoms with E-state index >= 15 is 0 Å². The molecule has 7 heteroatoms. The van der Waals surface area contributed by atoms with Crippen LogP contribution in [0.2, 0.25) is 0 Å². The van der Waals surface area contributed by atoms with Crippen LogP contribution in [0.25, 0.3) is 0 Å². The van der Waals surface area contributed by atoms with Crippen molar-refractivity contribution in [1.29, 1.82) is 0 Å². The molecule has 162 valence electrons. The zero-order valence-electron chi connectivity index (χ0n) is 17.3. The molecule has 4 saturated heterocycles. The highest BCUT2D eigenvalue weighted by atomic mass is 19.1. The second-order valence-corrected chi connectivity index (χ2v) is 9.29. The predicted molar refractivity (Wildman–Crippen MR) is 109 cm³/mol. The Balaban J connectivity index is 1.34. The number of benzene rings is 1. The van der Waals surface area contributed by atoms with Crippen molar-refractivity contribution in [3.8, 4) is 0 Å². The van der Waals surface area contributed by atoms with Crippen molar-refractivity contribution >= 4 is 12.0 Å². The van der Waals surface area contributed by atoms with Crippen molar-refractivity contribution < 1.29 is 18.7 Å². The number of piperidine rings is 3. The number of amides is 2. The first-order valence-corrected chi connectivity index (χ1v) is 11.3. The Morgan fingerprint density at radius 1 is 1.17 bits per heavy atom. The molecule has 2 bridgehead atoms. The summed E-state index contributed by atoms with van der Waals surface area (Å²) in [5, 5.41) is 0. The van der Waals surface area contributed by atoms with Gasteiger partial charge in [0.15, 0.2) is 0 Å². The number of nitrogens with zero attached hydrogens (tertiary/aromatic N) is 3. The molecular formula is C23H30FN3O3. The van der Waals surface area contributed by atoms with E-state index in [0.29, 0.717) is 37.1 Å². The van der Waals surface area contributed by atoms with E-state index in [4.69, 9.17) is 4.74 Å². The number of carbonyl (C=O) groups is 2. The molecule has 4 aliphatic rings. The van der Waals surface area contributed by atoms with Crippen molar-refractivity contribution in [1.82, 2.24) is 14.7 Å². The normalized spacial score (nSPS) is 31.4. The minimum atomic E-state index is -0.386. The van der Waals surface area contributed by atoms with E-state index in [0.717, 1.165) is 38.0 Å². The molecular weight excluding hydrogens is 385 g/mol. The molecule has 6 nitrogen and oxygen atoms in total. The Morgan fingerprint density at radius 2 is 2.03 bits per heavy atom. The Bertz CT molecular complexity index is 819. The van der Waals surface area contributed by atoms with Crippen molar-refractivity contribution in [3.05, 3.63) is 35.6 Å². The third kappa shape index (κ3) is 3.80. The van der Waals surface area contributed by atoms with Gasteiger partial charge in [-0.2, -0.15) is 0 Å². The molecule has 2 amide bonds. The molecule has 0 aromatic heterocycles. The van der Waals surface area contributed by atoms with Gasteiger partial charge in [0.2, 0.25) is 5.91 Å². The highest BCUT2D eigenvalue weighted by Gasteiger charge is 2.48. The van der Waals surface area contributed by atoms with Gasteiger partial charge in [0, 0.05) is 25.2 Å². The minimum Gasteiger partial charge on any atom is -0.448 e. The summed E-state index contributed by atoms with van der Waals surface area (Å²) in [4.78, 5) is 30.9. The highest BCUT2D eigenvalue weighted by molar-refractivity contribution is 5.83. The fourth-order valence-corrected chi connectivity index (χ4v) is 6.13. The quantitative estimate of drug-likeness (QED) is 0.758. The first-order valence-electron chi connectivity index (χ1n) is 11.3. The number of carbonyl (C=O) groups excluding carboxylic acids is 2. The Kier molecular flexibility index (Phi) is 5.39. The summed E-state index contributed by atoms with van der Waals surface area (Å²) in [5.74, 6) is 0.713. The van der Waals surface area contributed by atoms with E-state index in [9.17, 15) is 14.0 Å². The largest absolute Gasteiger partial charge is 0.448 e. The van der Waals surface area contributed by atoms with Gasteiger partial charge in [-0.3, -0.25) is 14.6 Å². The fourth-order valence-electron chi connectivity index (χ4n) is 6.13. The molecule has 0 saturated carbocycles. The standard InChI is InChI=1S/C23H30FN3O3/c24-19-5-3-4-16(10-19)11-21-18-12-17(20-6-1-2-7-27(20)21)13-26(14-18)22(28)15-25-8-9-30-23(25)29/h3-5,10,17-18,20-21H,1-2,6-9,11-15H2/t17-,18+,20+,21+/m1/s1. The lowest BCUT2D eigenvalue weighted by Crippen LogP contribution is -2.65.